The molecule has 150 valence electrons. The van der Waals surface area contributed by atoms with Gasteiger partial charge in [-0.3, -0.25) is 9.59 Å². The molecule has 29 heavy (non-hydrogen) atoms. The Labute approximate surface area is 165 Å². The fourth-order valence-electron chi connectivity index (χ4n) is 3.12. The van der Waals surface area contributed by atoms with Crippen molar-refractivity contribution in [2.24, 2.45) is 0 Å². The third-order valence-corrected chi connectivity index (χ3v) is 4.70. The number of aliphatic hydroxyl groups is 1. The summed E-state index contributed by atoms with van der Waals surface area (Å²) < 4.78 is 6.39. The molecule has 0 aromatic carbocycles. The highest BCUT2D eigenvalue weighted by atomic mass is 16.5. The zero-order chi connectivity index (χ0) is 20.4. The Kier molecular flexibility index (Phi) is 5.04. The normalized spacial score (nSPS) is 19.2. The lowest BCUT2D eigenvalue weighted by molar-refractivity contribution is 0.0352. The van der Waals surface area contributed by atoms with E-state index in [0.29, 0.717) is 30.2 Å². The van der Waals surface area contributed by atoms with Crippen LogP contribution in [0.5, 0.6) is 5.88 Å². The van der Waals surface area contributed by atoms with Crippen LogP contribution < -0.4 is 10.1 Å². The molecule has 1 aliphatic heterocycles. The predicted molar refractivity (Wildman–Crippen MR) is 99.4 cm³/mol. The molecule has 3 aromatic rings. The summed E-state index contributed by atoms with van der Waals surface area (Å²) >= 11 is 0. The van der Waals surface area contributed by atoms with Gasteiger partial charge in [0.15, 0.2) is 0 Å². The maximum Gasteiger partial charge on any atom is 0.293 e. The number of rotatable bonds is 4. The Bertz CT molecular complexity index is 1000. The molecule has 0 radical (unpaired) electrons. The van der Waals surface area contributed by atoms with E-state index in [1.165, 1.54) is 22.7 Å². The molecular weight excluding hydrogens is 378 g/mol. The van der Waals surface area contributed by atoms with Crippen LogP contribution in [0.1, 0.15) is 27.4 Å². The van der Waals surface area contributed by atoms with Crippen molar-refractivity contribution in [3.8, 4) is 5.88 Å². The molecule has 1 fully saturated rings. The standard InChI is InChI=1S/C18H19N7O4/c1-29-14-4-3-11(9-20-14)16(27)21-12-10-24(8-5-13(12)26)17(28)15-22-18-19-6-2-7-25(18)23-15/h2-4,6-7,9,12-13,26H,5,8,10H2,1H3,(H,21,27)/t12-,13+/m1/s1. The van der Waals surface area contributed by atoms with Crippen molar-refractivity contribution in [1.82, 2.24) is 34.8 Å². The van der Waals surface area contributed by atoms with Gasteiger partial charge in [0.1, 0.15) is 0 Å². The maximum absolute atomic E-state index is 12.8. The summed E-state index contributed by atoms with van der Waals surface area (Å²) in [4.78, 5) is 39.0. The smallest absolute Gasteiger partial charge is 0.293 e. The molecule has 1 aliphatic rings. The fraction of sp³-hybridized carbons (Fsp3) is 0.333. The van der Waals surface area contributed by atoms with E-state index in [9.17, 15) is 14.7 Å². The zero-order valence-electron chi connectivity index (χ0n) is 15.6. The Hall–Kier alpha value is -3.60. The molecule has 3 aromatic heterocycles. The summed E-state index contributed by atoms with van der Waals surface area (Å²) in [5, 5.41) is 17.2. The van der Waals surface area contributed by atoms with Gasteiger partial charge in [0.25, 0.3) is 17.6 Å². The van der Waals surface area contributed by atoms with E-state index in [4.69, 9.17) is 4.74 Å². The van der Waals surface area contributed by atoms with Gasteiger partial charge in [0.05, 0.1) is 24.8 Å². The van der Waals surface area contributed by atoms with Crippen molar-refractivity contribution in [2.45, 2.75) is 18.6 Å². The molecule has 0 unspecified atom stereocenters. The molecule has 2 N–H and O–H groups in total. The molecular formula is C18H19N7O4. The summed E-state index contributed by atoms with van der Waals surface area (Å²) in [5.41, 5.74) is 0.328. The largest absolute Gasteiger partial charge is 0.481 e. The number of ether oxygens (including phenoxy) is 1. The Morgan fingerprint density at radius 2 is 2.17 bits per heavy atom. The Balaban J connectivity index is 1.45. The van der Waals surface area contributed by atoms with E-state index < -0.39 is 18.1 Å². The minimum atomic E-state index is -0.773. The van der Waals surface area contributed by atoms with Crippen molar-refractivity contribution in [2.75, 3.05) is 20.2 Å². The molecule has 0 bridgehead atoms. The summed E-state index contributed by atoms with van der Waals surface area (Å²) in [6.07, 6.45) is 4.15. The monoisotopic (exact) mass is 397 g/mol. The van der Waals surface area contributed by atoms with E-state index in [1.54, 1.807) is 30.6 Å². The van der Waals surface area contributed by atoms with Crippen LogP contribution in [0.4, 0.5) is 0 Å². The third-order valence-electron chi connectivity index (χ3n) is 4.70. The van der Waals surface area contributed by atoms with Gasteiger partial charge in [0, 0.05) is 37.7 Å². The zero-order valence-corrected chi connectivity index (χ0v) is 15.6. The number of carbonyl (C=O) groups is 2. The first-order chi connectivity index (χ1) is 14.0. The van der Waals surface area contributed by atoms with Crippen LogP contribution in [-0.2, 0) is 0 Å². The number of nitrogens with one attached hydrogen (secondary N) is 1. The van der Waals surface area contributed by atoms with Crippen molar-refractivity contribution >= 4 is 17.6 Å². The molecule has 4 rings (SSSR count). The number of nitrogens with zero attached hydrogens (tertiary/aromatic N) is 6. The van der Waals surface area contributed by atoms with Gasteiger partial charge in [-0.15, -0.1) is 5.10 Å². The van der Waals surface area contributed by atoms with E-state index in [1.807, 2.05) is 0 Å². The average Bonchev–Trinajstić information content (AvgIpc) is 3.19. The number of likely N-dealkylation sites (tertiary alicyclic amines) is 1. The van der Waals surface area contributed by atoms with E-state index in [-0.39, 0.29) is 18.3 Å². The number of amides is 2. The number of methoxy groups -OCH3 is 1. The van der Waals surface area contributed by atoms with Crippen LogP contribution in [-0.4, -0.2) is 78.7 Å². The van der Waals surface area contributed by atoms with Gasteiger partial charge in [-0.2, -0.15) is 4.98 Å². The summed E-state index contributed by atoms with van der Waals surface area (Å²) in [6, 6.07) is 4.21. The highest BCUT2D eigenvalue weighted by molar-refractivity contribution is 5.94. The van der Waals surface area contributed by atoms with E-state index in [2.05, 4.69) is 25.4 Å². The molecule has 0 spiro atoms. The first-order valence-electron chi connectivity index (χ1n) is 9.01. The molecule has 2 atom stereocenters. The van der Waals surface area contributed by atoms with Gasteiger partial charge in [-0.05, 0) is 18.6 Å². The maximum atomic E-state index is 12.8. The molecule has 0 saturated carbocycles. The van der Waals surface area contributed by atoms with Crippen LogP contribution in [0.3, 0.4) is 0 Å². The SMILES string of the molecule is COc1ccc(C(=O)N[C@@H]2CN(C(=O)c3nc4ncccn4n3)CC[C@@H]2O)cn1. The fourth-order valence-corrected chi connectivity index (χ4v) is 3.12. The van der Waals surface area contributed by atoms with E-state index in [0.717, 1.165) is 0 Å². The van der Waals surface area contributed by atoms with Crippen LogP contribution in [0, 0.1) is 0 Å². The lowest BCUT2D eigenvalue weighted by Gasteiger charge is -2.36. The van der Waals surface area contributed by atoms with Crippen LogP contribution in [0.2, 0.25) is 0 Å². The third kappa shape index (κ3) is 3.85. The Morgan fingerprint density at radius 1 is 1.31 bits per heavy atom. The van der Waals surface area contributed by atoms with Gasteiger partial charge in [-0.25, -0.2) is 14.5 Å². The van der Waals surface area contributed by atoms with Crippen LogP contribution in [0.15, 0.2) is 36.8 Å². The summed E-state index contributed by atoms with van der Waals surface area (Å²) in [5.74, 6) is -0.0407. The van der Waals surface area contributed by atoms with Crippen LogP contribution >= 0.6 is 0 Å². The molecule has 11 nitrogen and oxygen atoms in total. The number of hydrogen-bond donors (Lipinski definition) is 2. The van der Waals surface area contributed by atoms with E-state index >= 15 is 0 Å². The van der Waals surface area contributed by atoms with Crippen molar-refractivity contribution in [3.63, 3.8) is 0 Å². The lowest BCUT2D eigenvalue weighted by Crippen LogP contribution is -2.56. The highest BCUT2D eigenvalue weighted by Crippen LogP contribution is 2.15. The average molecular weight is 397 g/mol. The van der Waals surface area contributed by atoms with Crippen molar-refractivity contribution in [3.05, 3.63) is 48.2 Å². The second-order valence-corrected chi connectivity index (χ2v) is 6.58. The predicted octanol–water partition coefficient (Wildman–Crippen LogP) is -0.467. The molecule has 11 heteroatoms. The number of aliphatic hydroxyl groups excluding tert-OH is 1. The van der Waals surface area contributed by atoms with Crippen molar-refractivity contribution < 1.29 is 19.4 Å². The highest BCUT2D eigenvalue weighted by Gasteiger charge is 2.33. The number of carbonyl (C=O) groups excluding carboxylic acids is 2. The minimum Gasteiger partial charge on any atom is -0.481 e. The second-order valence-electron chi connectivity index (χ2n) is 6.58. The topological polar surface area (TPSA) is 135 Å². The number of aromatic nitrogens is 5. The van der Waals surface area contributed by atoms with Gasteiger partial charge in [-0.1, -0.05) is 0 Å². The number of piperidine rings is 1. The van der Waals surface area contributed by atoms with Gasteiger partial charge < -0.3 is 20.1 Å². The quantitative estimate of drug-likeness (QED) is 0.603. The number of pyridine rings is 1. The van der Waals surface area contributed by atoms with Gasteiger partial charge in [0.2, 0.25) is 11.7 Å². The number of hydrogen-bond acceptors (Lipinski definition) is 8. The molecule has 2 amide bonds. The number of fused-ring (bicyclic) bond motifs is 1. The first-order valence-corrected chi connectivity index (χ1v) is 9.01. The minimum absolute atomic E-state index is 0.0181. The lowest BCUT2D eigenvalue weighted by atomic mass is 10.0. The Morgan fingerprint density at radius 3 is 2.90 bits per heavy atom. The second kappa shape index (κ2) is 7.80. The molecule has 4 heterocycles. The molecule has 1 saturated heterocycles. The summed E-state index contributed by atoms with van der Waals surface area (Å²) in [7, 11) is 1.49. The van der Waals surface area contributed by atoms with Crippen LogP contribution in [0.25, 0.3) is 5.78 Å². The van der Waals surface area contributed by atoms with Crippen molar-refractivity contribution in [1.29, 1.82) is 0 Å². The first kappa shape index (κ1) is 18.7. The van der Waals surface area contributed by atoms with Gasteiger partial charge >= 0.3 is 0 Å². The molecule has 0 aliphatic carbocycles. The summed E-state index contributed by atoms with van der Waals surface area (Å²) in [6.45, 7) is 0.470.